The van der Waals surface area contributed by atoms with Crippen LogP contribution < -0.4 is 10.6 Å². The van der Waals surface area contributed by atoms with E-state index in [2.05, 4.69) is 15.7 Å². The Labute approximate surface area is 245 Å². The Morgan fingerprint density at radius 2 is 1.95 bits per heavy atom. The first-order valence-electron chi connectivity index (χ1n) is 15.0. The Morgan fingerprint density at radius 1 is 1.10 bits per heavy atom. The van der Waals surface area contributed by atoms with E-state index in [1.807, 2.05) is 49.1 Å². The van der Waals surface area contributed by atoms with E-state index in [9.17, 15) is 14.4 Å². The highest BCUT2D eigenvalue weighted by Gasteiger charge is 2.51. The van der Waals surface area contributed by atoms with E-state index < -0.39 is 0 Å². The molecule has 0 bridgehead atoms. The van der Waals surface area contributed by atoms with Gasteiger partial charge < -0.3 is 15.5 Å². The maximum absolute atomic E-state index is 13.5. The summed E-state index contributed by atoms with van der Waals surface area (Å²) in [6, 6.07) is 11.7. The summed E-state index contributed by atoms with van der Waals surface area (Å²) in [6.07, 6.45) is 9.87. The van der Waals surface area contributed by atoms with Gasteiger partial charge in [0.1, 0.15) is 5.69 Å². The fourth-order valence-electron chi connectivity index (χ4n) is 7.03. The van der Waals surface area contributed by atoms with Crippen LogP contribution in [0.4, 0.5) is 5.69 Å². The van der Waals surface area contributed by atoms with E-state index in [1.54, 1.807) is 28.3 Å². The Balaban J connectivity index is 1.06. The second-order valence-corrected chi connectivity index (χ2v) is 13.3. The molecule has 2 N–H and O–H groups in total. The van der Waals surface area contributed by atoms with Crippen molar-refractivity contribution in [3.05, 3.63) is 69.2 Å². The number of likely N-dealkylation sites (tertiary alicyclic amines) is 1. The normalized spacial score (nSPS) is 21.8. The van der Waals surface area contributed by atoms with Crippen LogP contribution >= 0.6 is 11.3 Å². The summed E-state index contributed by atoms with van der Waals surface area (Å²) in [7, 11) is 0. The highest BCUT2D eigenvalue weighted by Crippen LogP contribution is 2.50. The predicted molar refractivity (Wildman–Crippen MR) is 160 cm³/mol. The van der Waals surface area contributed by atoms with Crippen molar-refractivity contribution in [1.29, 1.82) is 0 Å². The second kappa shape index (κ2) is 11.4. The van der Waals surface area contributed by atoms with Crippen LogP contribution in [0.15, 0.2) is 42.6 Å². The number of hydrogen-bond acceptors (Lipinski definition) is 5. The number of thiophene rings is 1. The van der Waals surface area contributed by atoms with Crippen molar-refractivity contribution in [1.82, 2.24) is 20.0 Å². The highest BCUT2D eigenvalue weighted by atomic mass is 32.1. The number of hydrogen-bond donors (Lipinski definition) is 2. The number of aromatic nitrogens is 2. The van der Waals surface area contributed by atoms with Gasteiger partial charge in [0, 0.05) is 53.8 Å². The number of rotatable bonds is 7. The molecular weight excluding hydrogens is 534 g/mol. The molecule has 1 aromatic carbocycles. The second-order valence-electron chi connectivity index (χ2n) is 12.2. The third-order valence-corrected chi connectivity index (χ3v) is 10.4. The standard InChI is InChI=1S/C32H39N5O3S/c1-21(2)37-26(12-15-34-37)31(40)36-16-14-32(20-36)13-6-10-25(32)29(38)33-19-22-7-5-9-24(17-22)35-30(39)28-18-23-8-3-4-11-27(23)41-28/h5,7,9,12,15,17-18,21,25H,3-4,6,8,10-11,13-14,16,19-20H2,1-2H3,(H,33,38)(H,35,39). The van der Waals surface area contributed by atoms with Gasteiger partial charge in [-0.05, 0) is 94.2 Å². The topological polar surface area (TPSA) is 96.3 Å². The van der Waals surface area contributed by atoms with Crippen LogP contribution in [0.1, 0.15) is 94.6 Å². The lowest BCUT2D eigenvalue weighted by atomic mass is 9.76. The highest BCUT2D eigenvalue weighted by molar-refractivity contribution is 7.14. The van der Waals surface area contributed by atoms with Crippen molar-refractivity contribution in [2.45, 2.75) is 77.8 Å². The van der Waals surface area contributed by atoms with Gasteiger partial charge in [0.15, 0.2) is 0 Å². The fraction of sp³-hybridized carbons (Fsp3) is 0.500. The quantitative estimate of drug-likeness (QED) is 0.384. The summed E-state index contributed by atoms with van der Waals surface area (Å²) < 4.78 is 1.77. The van der Waals surface area contributed by atoms with Gasteiger partial charge in [0.2, 0.25) is 5.91 Å². The Hall–Kier alpha value is -3.46. The van der Waals surface area contributed by atoms with E-state index >= 15 is 0 Å². The number of nitrogens with zero attached hydrogens (tertiary/aromatic N) is 3. The van der Waals surface area contributed by atoms with Crippen LogP contribution in [0.3, 0.4) is 0 Å². The number of carbonyl (C=O) groups excluding carboxylic acids is 3. The van der Waals surface area contributed by atoms with Crippen molar-refractivity contribution in [3.8, 4) is 0 Å². The zero-order valence-corrected chi connectivity index (χ0v) is 24.8. The third kappa shape index (κ3) is 5.56. The van der Waals surface area contributed by atoms with E-state index in [-0.39, 0.29) is 35.1 Å². The van der Waals surface area contributed by atoms with Gasteiger partial charge in [-0.3, -0.25) is 19.1 Å². The molecule has 9 heteroatoms. The fourth-order valence-corrected chi connectivity index (χ4v) is 8.18. The molecule has 1 saturated carbocycles. The number of aryl methyl sites for hydroxylation is 2. The molecule has 3 amide bonds. The maximum atomic E-state index is 13.5. The zero-order valence-electron chi connectivity index (χ0n) is 23.9. The van der Waals surface area contributed by atoms with Crippen molar-refractivity contribution in [3.63, 3.8) is 0 Å². The molecule has 8 nitrogen and oxygen atoms in total. The summed E-state index contributed by atoms with van der Waals surface area (Å²) >= 11 is 1.61. The van der Waals surface area contributed by atoms with Crippen molar-refractivity contribution in [2.24, 2.45) is 11.3 Å². The lowest BCUT2D eigenvalue weighted by Crippen LogP contribution is -2.41. The molecule has 2 aromatic heterocycles. The third-order valence-electron chi connectivity index (χ3n) is 9.15. The van der Waals surface area contributed by atoms with Crippen molar-refractivity contribution >= 4 is 34.7 Å². The average Bonchev–Trinajstić information content (AvgIpc) is 3.78. The number of fused-ring (bicyclic) bond motifs is 1. The van der Waals surface area contributed by atoms with Gasteiger partial charge in [0.25, 0.3) is 11.8 Å². The smallest absolute Gasteiger partial charge is 0.272 e. The molecule has 3 heterocycles. The Bertz CT molecular complexity index is 1440. The van der Waals surface area contributed by atoms with Gasteiger partial charge in [-0.2, -0.15) is 5.10 Å². The van der Waals surface area contributed by atoms with E-state index in [1.165, 1.54) is 23.3 Å². The zero-order chi connectivity index (χ0) is 28.6. The van der Waals surface area contributed by atoms with E-state index in [0.29, 0.717) is 25.3 Å². The Kier molecular flexibility index (Phi) is 7.72. The number of nitrogens with one attached hydrogen (secondary N) is 2. The van der Waals surface area contributed by atoms with Gasteiger partial charge in [-0.25, -0.2) is 0 Å². The predicted octanol–water partition coefficient (Wildman–Crippen LogP) is 5.61. The van der Waals surface area contributed by atoms with Gasteiger partial charge in [-0.15, -0.1) is 11.3 Å². The first kappa shape index (κ1) is 27.7. The SMILES string of the molecule is CC(C)n1nccc1C(=O)N1CCC2(CCCC2C(=O)NCc2cccc(NC(=O)c3cc4c(s3)CCCC4)c2)C1. The number of amides is 3. The molecule has 3 aromatic rings. The minimum absolute atomic E-state index is 0.000660. The lowest BCUT2D eigenvalue weighted by Gasteiger charge is -2.30. The first-order chi connectivity index (χ1) is 19.8. The molecule has 41 heavy (non-hydrogen) atoms. The minimum atomic E-state index is -0.169. The molecule has 2 unspecified atom stereocenters. The van der Waals surface area contributed by atoms with Crippen LogP contribution in [0.2, 0.25) is 0 Å². The molecule has 1 aliphatic heterocycles. The average molecular weight is 574 g/mol. The molecule has 0 radical (unpaired) electrons. The lowest BCUT2D eigenvalue weighted by molar-refractivity contribution is -0.128. The van der Waals surface area contributed by atoms with Gasteiger partial charge >= 0.3 is 0 Å². The summed E-state index contributed by atoms with van der Waals surface area (Å²) in [5.74, 6) is -0.123. The summed E-state index contributed by atoms with van der Waals surface area (Å²) in [5, 5.41) is 10.5. The molecule has 216 valence electrons. The van der Waals surface area contributed by atoms with Gasteiger partial charge in [0.05, 0.1) is 4.88 Å². The largest absolute Gasteiger partial charge is 0.352 e. The number of anilines is 1. The van der Waals surface area contributed by atoms with E-state index in [4.69, 9.17) is 0 Å². The molecule has 1 spiro atoms. The molecule has 2 fully saturated rings. The summed E-state index contributed by atoms with van der Waals surface area (Å²) in [6.45, 7) is 5.72. The van der Waals surface area contributed by atoms with Crippen LogP contribution in [-0.4, -0.2) is 45.5 Å². The number of benzene rings is 1. The minimum Gasteiger partial charge on any atom is -0.352 e. The van der Waals surface area contributed by atoms with Crippen LogP contribution in [0, 0.1) is 11.3 Å². The van der Waals surface area contributed by atoms with Crippen LogP contribution in [-0.2, 0) is 24.2 Å². The van der Waals surface area contributed by atoms with Crippen molar-refractivity contribution in [2.75, 3.05) is 18.4 Å². The molecule has 3 aliphatic rings. The Morgan fingerprint density at radius 3 is 2.78 bits per heavy atom. The first-order valence-corrected chi connectivity index (χ1v) is 15.8. The maximum Gasteiger partial charge on any atom is 0.272 e. The monoisotopic (exact) mass is 573 g/mol. The van der Waals surface area contributed by atoms with Crippen LogP contribution in [0.5, 0.6) is 0 Å². The van der Waals surface area contributed by atoms with Crippen molar-refractivity contribution < 1.29 is 14.4 Å². The number of carbonyl (C=O) groups is 3. The summed E-state index contributed by atoms with van der Waals surface area (Å²) in [4.78, 5) is 43.8. The molecule has 2 aliphatic carbocycles. The van der Waals surface area contributed by atoms with Gasteiger partial charge in [-0.1, -0.05) is 18.6 Å². The molecule has 6 rings (SSSR count). The van der Waals surface area contributed by atoms with E-state index in [0.717, 1.165) is 54.7 Å². The van der Waals surface area contributed by atoms with Crippen LogP contribution in [0.25, 0.3) is 0 Å². The molecule has 1 saturated heterocycles. The summed E-state index contributed by atoms with van der Waals surface area (Å²) in [5.41, 5.74) is 3.44. The molecular formula is C32H39N5O3S. The molecule has 2 atom stereocenters.